The number of cyclic esters (lactones) is 1. The van der Waals surface area contributed by atoms with Gasteiger partial charge in [0.1, 0.15) is 6.10 Å². The Balaban J connectivity index is 2.63. The molecule has 3 atom stereocenters. The van der Waals surface area contributed by atoms with Crippen LogP contribution in [0.3, 0.4) is 0 Å². The van der Waals surface area contributed by atoms with E-state index < -0.39 is 24.3 Å². The zero-order valence-corrected chi connectivity index (χ0v) is 7.73. The first-order chi connectivity index (χ1) is 6.00. The highest BCUT2D eigenvalue weighted by Crippen LogP contribution is 2.20. The number of aliphatic hydroxyl groups is 2. The van der Waals surface area contributed by atoms with Crippen molar-refractivity contribution >= 4 is 5.97 Å². The zero-order valence-electron chi connectivity index (χ0n) is 7.73. The van der Waals surface area contributed by atoms with Crippen LogP contribution in [0.25, 0.3) is 0 Å². The third-order valence-electron chi connectivity index (χ3n) is 1.86. The molecule has 0 aliphatic carbocycles. The van der Waals surface area contributed by atoms with Crippen molar-refractivity contribution in [1.82, 2.24) is 0 Å². The Bertz CT molecular complexity index is 230. The predicted octanol–water partition coefficient (Wildman–Crippen LogP) is -0.0101. The van der Waals surface area contributed by atoms with E-state index in [4.69, 9.17) is 14.9 Å². The van der Waals surface area contributed by atoms with Crippen LogP contribution in [0.4, 0.5) is 0 Å². The minimum atomic E-state index is -0.699. The van der Waals surface area contributed by atoms with Crippen molar-refractivity contribution in [2.24, 2.45) is 0 Å². The molecule has 0 radical (unpaired) electrons. The Hall–Kier alpha value is -0.870. The average molecular weight is 186 g/mol. The highest BCUT2D eigenvalue weighted by Gasteiger charge is 2.28. The summed E-state index contributed by atoms with van der Waals surface area (Å²) in [6.45, 7) is 3.16. The molecule has 4 heteroatoms. The van der Waals surface area contributed by atoms with E-state index in [0.717, 1.165) is 0 Å². The van der Waals surface area contributed by atoms with Crippen molar-refractivity contribution in [3.63, 3.8) is 0 Å². The van der Waals surface area contributed by atoms with E-state index in [0.29, 0.717) is 5.57 Å². The van der Waals surface area contributed by atoms with Crippen LogP contribution in [-0.4, -0.2) is 34.5 Å². The van der Waals surface area contributed by atoms with Crippen LogP contribution in [0.5, 0.6) is 0 Å². The highest BCUT2D eigenvalue weighted by molar-refractivity contribution is 5.91. The van der Waals surface area contributed by atoms with Gasteiger partial charge in [-0.15, -0.1) is 0 Å². The maximum absolute atomic E-state index is 11.1. The number of carbonyl (C=O) groups is 1. The SMILES string of the molecule is CC(O)CC1=C[C@H]([C@H](C)O)OC1=O. The van der Waals surface area contributed by atoms with Gasteiger partial charge in [-0.25, -0.2) is 4.79 Å². The summed E-state index contributed by atoms with van der Waals surface area (Å²) in [6, 6.07) is 0. The van der Waals surface area contributed by atoms with Crippen molar-refractivity contribution in [1.29, 1.82) is 0 Å². The number of rotatable bonds is 3. The molecule has 4 nitrogen and oxygen atoms in total. The van der Waals surface area contributed by atoms with Crippen LogP contribution in [0.1, 0.15) is 20.3 Å². The van der Waals surface area contributed by atoms with Crippen LogP contribution >= 0.6 is 0 Å². The number of ether oxygens (including phenoxy) is 1. The van der Waals surface area contributed by atoms with E-state index in [2.05, 4.69) is 0 Å². The van der Waals surface area contributed by atoms with E-state index in [1.165, 1.54) is 0 Å². The maximum atomic E-state index is 11.1. The van der Waals surface area contributed by atoms with E-state index in [9.17, 15) is 4.79 Å². The second kappa shape index (κ2) is 3.89. The lowest BCUT2D eigenvalue weighted by atomic mass is 10.1. The molecule has 0 aromatic heterocycles. The molecule has 13 heavy (non-hydrogen) atoms. The summed E-state index contributed by atoms with van der Waals surface area (Å²) in [7, 11) is 0. The summed E-state index contributed by atoms with van der Waals surface area (Å²) < 4.78 is 4.84. The first kappa shape index (κ1) is 10.2. The number of carbonyl (C=O) groups excluding carboxylic acids is 1. The second-order valence-electron chi connectivity index (χ2n) is 3.36. The topological polar surface area (TPSA) is 66.8 Å². The summed E-state index contributed by atoms with van der Waals surface area (Å²) >= 11 is 0. The van der Waals surface area contributed by atoms with Crippen molar-refractivity contribution in [3.8, 4) is 0 Å². The molecule has 1 aliphatic rings. The lowest BCUT2D eigenvalue weighted by molar-refractivity contribution is -0.143. The molecule has 2 N–H and O–H groups in total. The summed E-state index contributed by atoms with van der Waals surface area (Å²) in [5, 5.41) is 18.2. The minimum absolute atomic E-state index is 0.280. The lowest BCUT2D eigenvalue weighted by Gasteiger charge is -2.09. The normalized spacial score (nSPS) is 26.6. The van der Waals surface area contributed by atoms with Gasteiger partial charge in [0.2, 0.25) is 0 Å². The van der Waals surface area contributed by atoms with Gasteiger partial charge in [-0.2, -0.15) is 0 Å². The first-order valence-electron chi connectivity index (χ1n) is 4.28. The number of aliphatic hydroxyl groups excluding tert-OH is 2. The summed E-state index contributed by atoms with van der Waals surface area (Å²) in [6.07, 6.45) is 0.0325. The average Bonchev–Trinajstić information content (AvgIpc) is 2.31. The van der Waals surface area contributed by atoms with Gasteiger partial charge in [0.15, 0.2) is 0 Å². The van der Waals surface area contributed by atoms with E-state index in [1.807, 2.05) is 0 Å². The fraction of sp³-hybridized carbons (Fsp3) is 0.667. The smallest absolute Gasteiger partial charge is 0.334 e. The third-order valence-corrected chi connectivity index (χ3v) is 1.86. The number of esters is 1. The van der Waals surface area contributed by atoms with E-state index in [1.54, 1.807) is 19.9 Å². The van der Waals surface area contributed by atoms with Gasteiger partial charge in [0, 0.05) is 12.0 Å². The predicted molar refractivity (Wildman–Crippen MR) is 45.9 cm³/mol. The molecule has 0 amide bonds. The molecule has 0 spiro atoms. The fourth-order valence-corrected chi connectivity index (χ4v) is 1.21. The Morgan fingerprint density at radius 2 is 2.15 bits per heavy atom. The van der Waals surface area contributed by atoms with Gasteiger partial charge in [-0.3, -0.25) is 0 Å². The monoisotopic (exact) mass is 186 g/mol. The summed E-state index contributed by atoms with van der Waals surface area (Å²) in [5.41, 5.74) is 0.445. The maximum Gasteiger partial charge on any atom is 0.334 e. The molecule has 0 saturated heterocycles. The summed E-state index contributed by atoms with van der Waals surface area (Å²) in [5.74, 6) is -0.438. The summed E-state index contributed by atoms with van der Waals surface area (Å²) in [4.78, 5) is 11.1. The van der Waals surface area contributed by atoms with Crippen LogP contribution in [0.15, 0.2) is 11.6 Å². The number of hydrogen-bond donors (Lipinski definition) is 2. The zero-order chi connectivity index (χ0) is 10.0. The largest absolute Gasteiger partial charge is 0.452 e. The van der Waals surface area contributed by atoms with Crippen LogP contribution < -0.4 is 0 Å². The molecule has 1 heterocycles. The van der Waals surface area contributed by atoms with Gasteiger partial charge >= 0.3 is 5.97 Å². The van der Waals surface area contributed by atoms with E-state index in [-0.39, 0.29) is 6.42 Å². The molecule has 1 rings (SSSR count). The van der Waals surface area contributed by atoms with Crippen LogP contribution in [-0.2, 0) is 9.53 Å². The Morgan fingerprint density at radius 3 is 2.54 bits per heavy atom. The Morgan fingerprint density at radius 1 is 1.54 bits per heavy atom. The van der Waals surface area contributed by atoms with Crippen molar-refractivity contribution in [3.05, 3.63) is 11.6 Å². The molecule has 0 aromatic carbocycles. The van der Waals surface area contributed by atoms with Gasteiger partial charge in [-0.1, -0.05) is 0 Å². The molecule has 1 unspecified atom stereocenters. The van der Waals surface area contributed by atoms with E-state index >= 15 is 0 Å². The molecule has 0 bridgehead atoms. The molecule has 74 valence electrons. The molecular formula is C9H14O4. The molecule has 0 aromatic rings. The molecular weight excluding hydrogens is 172 g/mol. The van der Waals surface area contributed by atoms with Gasteiger partial charge in [0.05, 0.1) is 12.2 Å². The quantitative estimate of drug-likeness (QED) is 0.608. The van der Waals surface area contributed by atoms with Crippen LogP contribution in [0, 0.1) is 0 Å². The van der Waals surface area contributed by atoms with Crippen LogP contribution in [0.2, 0.25) is 0 Å². The van der Waals surface area contributed by atoms with Gasteiger partial charge < -0.3 is 14.9 Å². The van der Waals surface area contributed by atoms with Crippen molar-refractivity contribution in [2.75, 3.05) is 0 Å². The Labute approximate surface area is 76.8 Å². The highest BCUT2D eigenvalue weighted by atomic mass is 16.6. The molecule has 1 aliphatic heterocycles. The van der Waals surface area contributed by atoms with Gasteiger partial charge in [0.25, 0.3) is 0 Å². The minimum Gasteiger partial charge on any atom is -0.452 e. The third kappa shape index (κ3) is 2.54. The standard InChI is InChI=1S/C9H14O4/c1-5(10)3-7-4-8(6(2)11)13-9(7)12/h4-6,8,10-11H,3H2,1-2H3/t5?,6-,8+/m0/s1. The molecule has 0 fully saturated rings. The van der Waals surface area contributed by atoms with Crippen molar-refractivity contribution < 1.29 is 19.7 Å². The second-order valence-corrected chi connectivity index (χ2v) is 3.36. The lowest BCUT2D eigenvalue weighted by Crippen LogP contribution is -2.21. The fourth-order valence-electron chi connectivity index (χ4n) is 1.21. The van der Waals surface area contributed by atoms with Gasteiger partial charge in [-0.05, 0) is 19.9 Å². The number of hydrogen-bond acceptors (Lipinski definition) is 4. The first-order valence-corrected chi connectivity index (χ1v) is 4.28. The Kier molecular flexibility index (Phi) is 3.06. The molecule has 0 saturated carbocycles. The van der Waals surface area contributed by atoms with Crippen molar-refractivity contribution in [2.45, 2.75) is 38.6 Å².